The summed E-state index contributed by atoms with van der Waals surface area (Å²) in [6.45, 7) is 8.88. The van der Waals surface area contributed by atoms with Crippen molar-refractivity contribution < 1.29 is 17.6 Å². The monoisotopic (exact) mass is 380 g/mol. The lowest BCUT2D eigenvalue weighted by Gasteiger charge is -2.24. The number of furan rings is 1. The second kappa shape index (κ2) is 6.93. The van der Waals surface area contributed by atoms with Crippen molar-refractivity contribution in [2.45, 2.75) is 32.6 Å². The zero-order valence-corrected chi connectivity index (χ0v) is 14.9. The molecule has 1 amide bonds. The van der Waals surface area contributed by atoms with Gasteiger partial charge in [0.15, 0.2) is 10.4 Å². The van der Waals surface area contributed by atoms with Crippen LogP contribution in [-0.4, -0.2) is 20.9 Å². The van der Waals surface area contributed by atoms with Crippen LogP contribution in [0.4, 0.5) is 0 Å². The first kappa shape index (κ1) is 18.2. The zero-order chi connectivity index (χ0) is 16.4. The summed E-state index contributed by atoms with van der Waals surface area (Å²) in [6, 6.07) is 1.12. The molecule has 0 bridgehead atoms. The van der Waals surface area contributed by atoms with Crippen molar-refractivity contribution >= 4 is 31.9 Å². The van der Waals surface area contributed by atoms with E-state index in [1.165, 1.54) is 0 Å². The first-order chi connectivity index (χ1) is 9.54. The molecule has 1 rings (SSSR count). The van der Waals surface area contributed by atoms with E-state index in [-0.39, 0.29) is 15.3 Å². The minimum Gasteiger partial charge on any atom is -0.443 e. The molecule has 0 saturated carbocycles. The predicted molar refractivity (Wildman–Crippen MR) is 83.3 cm³/mol. The SMILES string of the molecule is CC(C)C(CNC(=O)c1cc(S(N)(=O)=O)c(Br)o1)C(C)C. The van der Waals surface area contributed by atoms with Gasteiger partial charge in [0, 0.05) is 12.6 Å². The van der Waals surface area contributed by atoms with Crippen LogP contribution in [0.15, 0.2) is 20.0 Å². The summed E-state index contributed by atoms with van der Waals surface area (Å²) < 4.78 is 27.6. The fourth-order valence-electron chi connectivity index (χ4n) is 2.20. The second-order valence-corrected chi connectivity index (χ2v) is 7.91. The van der Waals surface area contributed by atoms with E-state index >= 15 is 0 Å². The van der Waals surface area contributed by atoms with E-state index in [4.69, 9.17) is 9.56 Å². The van der Waals surface area contributed by atoms with Crippen molar-refractivity contribution in [1.29, 1.82) is 0 Å². The Bertz CT molecular complexity index is 600. The van der Waals surface area contributed by atoms with Gasteiger partial charge in [0.25, 0.3) is 5.91 Å². The highest BCUT2D eigenvalue weighted by Gasteiger charge is 2.23. The standard InChI is InChI=1S/C13H21BrN2O4S/c1-7(2)9(8(3)4)6-16-13(17)10-5-11(12(14)20-10)21(15,18)19/h5,7-9H,6H2,1-4H3,(H,16,17)(H2,15,18,19). The maximum Gasteiger partial charge on any atom is 0.287 e. The molecule has 0 aromatic carbocycles. The highest BCUT2D eigenvalue weighted by Crippen LogP contribution is 2.25. The third-order valence-electron chi connectivity index (χ3n) is 3.40. The molecule has 0 spiro atoms. The van der Waals surface area contributed by atoms with Crippen molar-refractivity contribution in [2.24, 2.45) is 22.9 Å². The van der Waals surface area contributed by atoms with Gasteiger partial charge in [0.2, 0.25) is 10.0 Å². The summed E-state index contributed by atoms with van der Waals surface area (Å²) in [6.07, 6.45) is 0. The van der Waals surface area contributed by atoms with Crippen LogP contribution in [0.3, 0.4) is 0 Å². The van der Waals surface area contributed by atoms with Crippen molar-refractivity contribution in [3.63, 3.8) is 0 Å². The fourth-order valence-corrected chi connectivity index (χ4v) is 3.70. The number of hydrogen-bond donors (Lipinski definition) is 2. The van der Waals surface area contributed by atoms with Gasteiger partial charge in [-0.25, -0.2) is 13.6 Å². The van der Waals surface area contributed by atoms with Gasteiger partial charge in [-0.2, -0.15) is 0 Å². The summed E-state index contributed by atoms with van der Waals surface area (Å²) in [4.78, 5) is 11.8. The average Bonchev–Trinajstić information content (AvgIpc) is 2.70. The van der Waals surface area contributed by atoms with E-state index in [0.29, 0.717) is 24.3 Å². The molecule has 0 radical (unpaired) electrons. The molecule has 0 unspecified atom stereocenters. The van der Waals surface area contributed by atoms with Crippen LogP contribution in [0.1, 0.15) is 38.2 Å². The van der Waals surface area contributed by atoms with Crippen LogP contribution in [0, 0.1) is 17.8 Å². The number of nitrogens with two attached hydrogens (primary N) is 1. The molecule has 0 aliphatic heterocycles. The van der Waals surface area contributed by atoms with E-state index in [2.05, 4.69) is 48.9 Å². The maximum absolute atomic E-state index is 12.0. The minimum atomic E-state index is -3.92. The number of sulfonamides is 1. The molecule has 0 aliphatic carbocycles. The van der Waals surface area contributed by atoms with Gasteiger partial charge in [-0.15, -0.1) is 0 Å². The highest BCUT2D eigenvalue weighted by atomic mass is 79.9. The lowest BCUT2D eigenvalue weighted by atomic mass is 9.85. The largest absolute Gasteiger partial charge is 0.443 e. The Hall–Kier alpha value is -0.860. The van der Waals surface area contributed by atoms with Gasteiger partial charge in [0.05, 0.1) is 0 Å². The number of hydrogen-bond acceptors (Lipinski definition) is 4. The van der Waals surface area contributed by atoms with Gasteiger partial charge in [-0.1, -0.05) is 27.7 Å². The number of halogens is 1. The highest BCUT2D eigenvalue weighted by molar-refractivity contribution is 9.10. The van der Waals surface area contributed by atoms with Gasteiger partial charge < -0.3 is 9.73 Å². The molecule has 1 aromatic rings. The summed E-state index contributed by atoms with van der Waals surface area (Å²) in [5.74, 6) is 0.626. The molecule has 1 heterocycles. The van der Waals surface area contributed by atoms with Crippen LogP contribution < -0.4 is 10.5 Å². The first-order valence-corrected chi connectivity index (χ1v) is 8.98. The molecule has 120 valence electrons. The number of rotatable bonds is 6. The molecule has 0 saturated heterocycles. The molecular weight excluding hydrogens is 360 g/mol. The molecule has 0 fully saturated rings. The fraction of sp³-hybridized carbons (Fsp3) is 0.615. The topological polar surface area (TPSA) is 102 Å². The van der Waals surface area contributed by atoms with Gasteiger partial charge in [-0.3, -0.25) is 4.79 Å². The quantitative estimate of drug-likeness (QED) is 0.790. The van der Waals surface area contributed by atoms with Crippen molar-refractivity contribution in [3.8, 4) is 0 Å². The second-order valence-electron chi connectivity index (χ2n) is 5.66. The molecule has 6 nitrogen and oxygen atoms in total. The lowest BCUT2D eigenvalue weighted by Crippen LogP contribution is -2.33. The molecule has 0 aliphatic rings. The number of carbonyl (C=O) groups excluding carboxylic acids is 1. The smallest absolute Gasteiger partial charge is 0.287 e. The van der Waals surface area contributed by atoms with Crippen LogP contribution in [0.5, 0.6) is 0 Å². The van der Waals surface area contributed by atoms with Gasteiger partial charge >= 0.3 is 0 Å². The van der Waals surface area contributed by atoms with Crippen molar-refractivity contribution in [1.82, 2.24) is 5.32 Å². The Kier molecular flexibility index (Phi) is 6.01. The van der Waals surface area contributed by atoms with Crippen LogP contribution in [0.2, 0.25) is 0 Å². The molecular formula is C13H21BrN2O4S. The van der Waals surface area contributed by atoms with Gasteiger partial charge in [-0.05, 0) is 33.7 Å². The number of amides is 1. The third-order valence-corrected chi connectivity index (χ3v) is 5.16. The van der Waals surface area contributed by atoms with Crippen LogP contribution in [-0.2, 0) is 10.0 Å². The maximum atomic E-state index is 12.0. The average molecular weight is 381 g/mol. The molecule has 0 atom stereocenters. The first-order valence-electron chi connectivity index (χ1n) is 6.64. The summed E-state index contributed by atoms with van der Waals surface area (Å²) in [5.41, 5.74) is 0. The lowest BCUT2D eigenvalue weighted by molar-refractivity contribution is 0.0908. The van der Waals surface area contributed by atoms with E-state index < -0.39 is 15.9 Å². The molecule has 21 heavy (non-hydrogen) atoms. The predicted octanol–water partition coefficient (Wildman–Crippen LogP) is 2.35. The van der Waals surface area contributed by atoms with E-state index in [1.54, 1.807) is 0 Å². The molecule has 8 heteroatoms. The third kappa shape index (κ3) is 4.82. The van der Waals surface area contributed by atoms with E-state index in [1.807, 2.05) is 0 Å². The van der Waals surface area contributed by atoms with Crippen LogP contribution in [0.25, 0.3) is 0 Å². The normalized spacial score (nSPS) is 12.4. The van der Waals surface area contributed by atoms with Crippen molar-refractivity contribution in [3.05, 3.63) is 16.5 Å². The Morgan fingerprint density at radius 2 is 1.86 bits per heavy atom. The van der Waals surface area contributed by atoms with E-state index in [9.17, 15) is 13.2 Å². The van der Waals surface area contributed by atoms with E-state index in [0.717, 1.165) is 6.07 Å². The summed E-state index contributed by atoms with van der Waals surface area (Å²) >= 11 is 2.94. The number of nitrogens with one attached hydrogen (secondary N) is 1. The van der Waals surface area contributed by atoms with Crippen LogP contribution >= 0.6 is 15.9 Å². The Morgan fingerprint density at radius 3 is 2.24 bits per heavy atom. The Balaban J connectivity index is 2.82. The minimum absolute atomic E-state index is 0.0700. The Morgan fingerprint density at radius 1 is 1.33 bits per heavy atom. The number of primary sulfonamides is 1. The Labute approximate surface area is 133 Å². The molecule has 3 N–H and O–H groups in total. The molecule has 1 aromatic heterocycles. The summed E-state index contributed by atoms with van der Waals surface area (Å²) in [7, 11) is -3.92. The van der Waals surface area contributed by atoms with Gasteiger partial charge in [0.1, 0.15) is 4.90 Å². The zero-order valence-electron chi connectivity index (χ0n) is 12.5. The van der Waals surface area contributed by atoms with Crippen molar-refractivity contribution in [2.75, 3.05) is 6.54 Å². The summed E-state index contributed by atoms with van der Waals surface area (Å²) in [5, 5.41) is 7.79. The number of carbonyl (C=O) groups is 1.